The highest BCUT2D eigenvalue weighted by atomic mass is 16.1. The maximum atomic E-state index is 13.1. The number of fused-ring (bicyclic) bond motifs is 1. The van der Waals surface area contributed by atoms with E-state index in [1.54, 1.807) is 6.20 Å². The van der Waals surface area contributed by atoms with Crippen LogP contribution in [0.3, 0.4) is 0 Å². The highest BCUT2D eigenvalue weighted by molar-refractivity contribution is 6.08. The zero-order valence-electron chi connectivity index (χ0n) is 16.7. The van der Waals surface area contributed by atoms with Crippen LogP contribution in [0.15, 0.2) is 85.2 Å². The van der Waals surface area contributed by atoms with Crippen molar-refractivity contribution in [3.8, 4) is 11.1 Å². The van der Waals surface area contributed by atoms with Gasteiger partial charge in [0.2, 0.25) is 0 Å². The van der Waals surface area contributed by atoms with Gasteiger partial charge in [-0.1, -0.05) is 48.5 Å². The standard InChI is InChI=1S/C26H23N3O/c30-26(28-23-14-13-20-5-3-6-22(20)17-23)25-8-2-1-7-24(25)21-11-9-19(10-12-21)18-29-16-4-15-27-29/h1-2,4,7-17H,3,5-6,18H2,(H,28,30). The molecule has 1 amide bonds. The molecule has 0 unspecified atom stereocenters. The lowest BCUT2D eigenvalue weighted by Gasteiger charge is -2.12. The van der Waals surface area contributed by atoms with Gasteiger partial charge in [0.05, 0.1) is 6.54 Å². The monoisotopic (exact) mass is 393 g/mol. The number of carbonyl (C=O) groups is 1. The third-order valence-corrected chi connectivity index (χ3v) is 5.70. The lowest BCUT2D eigenvalue weighted by atomic mass is 9.98. The van der Waals surface area contributed by atoms with Crippen LogP contribution in [0.2, 0.25) is 0 Å². The zero-order chi connectivity index (χ0) is 20.3. The van der Waals surface area contributed by atoms with Crippen molar-refractivity contribution in [3.05, 3.63) is 107 Å². The Hall–Kier alpha value is -3.66. The Balaban J connectivity index is 1.37. The van der Waals surface area contributed by atoms with E-state index in [1.807, 2.05) is 47.3 Å². The van der Waals surface area contributed by atoms with Gasteiger partial charge in [0, 0.05) is 23.6 Å². The average Bonchev–Trinajstić information content (AvgIpc) is 3.46. The molecule has 5 rings (SSSR count). The number of hydrogen-bond donors (Lipinski definition) is 1. The largest absolute Gasteiger partial charge is 0.322 e. The van der Waals surface area contributed by atoms with Gasteiger partial charge in [0.25, 0.3) is 5.91 Å². The summed E-state index contributed by atoms with van der Waals surface area (Å²) >= 11 is 0. The summed E-state index contributed by atoms with van der Waals surface area (Å²) in [6, 6.07) is 24.3. The quantitative estimate of drug-likeness (QED) is 0.497. The Morgan fingerprint density at radius 1 is 0.933 bits per heavy atom. The maximum absolute atomic E-state index is 13.1. The van der Waals surface area contributed by atoms with Crippen LogP contribution in [-0.2, 0) is 19.4 Å². The molecule has 0 radical (unpaired) electrons. The first kappa shape index (κ1) is 18.4. The second kappa shape index (κ2) is 7.99. The van der Waals surface area contributed by atoms with Crippen molar-refractivity contribution >= 4 is 11.6 Å². The molecule has 1 aromatic heterocycles. The molecule has 1 aliphatic rings. The molecule has 1 heterocycles. The van der Waals surface area contributed by atoms with Crippen LogP contribution in [0.1, 0.15) is 33.5 Å². The van der Waals surface area contributed by atoms with Crippen molar-refractivity contribution in [2.45, 2.75) is 25.8 Å². The summed E-state index contributed by atoms with van der Waals surface area (Å²) in [4.78, 5) is 13.1. The molecule has 30 heavy (non-hydrogen) atoms. The summed E-state index contributed by atoms with van der Waals surface area (Å²) in [6.07, 6.45) is 7.17. The topological polar surface area (TPSA) is 46.9 Å². The van der Waals surface area contributed by atoms with Gasteiger partial charge in [-0.2, -0.15) is 5.10 Å². The van der Waals surface area contributed by atoms with E-state index in [2.05, 4.69) is 46.8 Å². The molecule has 4 aromatic rings. The number of anilines is 1. The van der Waals surface area contributed by atoms with Gasteiger partial charge < -0.3 is 5.32 Å². The van der Waals surface area contributed by atoms with Gasteiger partial charge in [-0.15, -0.1) is 0 Å². The van der Waals surface area contributed by atoms with Crippen LogP contribution in [0.25, 0.3) is 11.1 Å². The first-order valence-corrected chi connectivity index (χ1v) is 10.4. The highest BCUT2D eigenvalue weighted by Crippen LogP contribution is 2.27. The number of rotatable bonds is 5. The Labute approximate surface area is 176 Å². The van der Waals surface area contributed by atoms with E-state index >= 15 is 0 Å². The highest BCUT2D eigenvalue weighted by Gasteiger charge is 2.15. The maximum Gasteiger partial charge on any atom is 0.256 e. The number of amides is 1. The van der Waals surface area contributed by atoms with Gasteiger partial charge in [-0.25, -0.2) is 0 Å². The number of aryl methyl sites for hydroxylation is 2. The SMILES string of the molecule is O=C(Nc1ccc2c(c1)CCC2)c1ccccc1-c1ccc(Cn2cccn2)cc1. The molecule has 148 valence electrons. The molecule has 1 aliphatic carbocycles. The van der Waals surface area contributed by atoms with Gasteiger partial charge in [0.15, 0.2) is 0 Å². The second-order valence-electron chi connectivity index (χ2n) is 7.74. The van der Waals surface area contributed by atoms with Crippen molar-refractivity contribution in [1.82, 2.24) is 9.78 Å². The molecule has 3 aromatic carbocycles. The van der Waals surface area contributed by atoms with Gasteiger partial charge in [-0.3, -0.25) is 9.48 Å². The molecule has 0 aliphatic heterocycles. The molecule has 0 saturated heterocycles. The van der Waals surface area contributed by atoms with E-state index in [4.69, 9.17) is 0 Å². The molecule has 0 spiro atoms. The van der Waals surface area contributed by atoms with Gasteiger partial charge in [-0.05, 0) is 71.3 Å². The number of aromatic nitrogens is 2. The van der Waals surface area contributed by atoms with E-state index in [9.17, 15) is 4.79 Å². The molecule has 1 N–H and O–H groups in total. The third kappa shape index (κ3) is 3.77. The van der Waals surface area contributed by atoms with Crippen LogP contribution in [0.4, 0.5) is 5.69 Å². The van der Waals surface area contributed by atoms with Crippen LogP contribution in [0.5, 0.6) is 0 Å². The smallest absolute Gasteiger partial charge is 0.256 e. The lowest BCUT2D eigenvalue weighted by Crippen LogP contribution is -2.13. The molecular weight excluding hydrogens is 370 g/mol. The van der Waals surface area contributed by atoms with Crippen LogP contribution < -0.4 is 5.32 Å². The first-order valence-electron chi connectivity index (χ1n) is 10.4. The number of hydrogen-bond acceptors (Lipinski definition) is 2. The van der Waals surface area contributed by atoms with Gasteiger partial charge >= 0.3 is 0 Å². The summed E-state index contributed by atoms with van der Waals surface area (Å²) in [5.41, 5.74) is 7.43. The molecule has 4 heteroatoms. The Bertz CT molecular complexity index is 1180. The van der Waals surface area contributed by atoms with Crippen LogP contribution in [0, 0.1) is 0 Å². The average molecular weight is 393 g/mol. The Kier molecular flexibility index (Phi) is 4.89. The van der Waals surface area contributed by atoms with Crippen molar-refractivity contribution in [2.24, 2.45) is 0 Å². The molecule has 0 saturated carbocycles. The number of carbonyl (C=O) groups excluding carboxylic acids is 1. The predicted molar refractivity (Wildman–Crippen MR) is 120 cm³/mol. The van der Waals surface area contributed by atoms with Crippen LogP contribution in [-0.4, -0.2) is 15.7 Å². The van der Waals surface area contributed by atoms with Crippen molar-refractivity contribution in [3.63, 3.8) is 0 Å². The van der Waals surface area contributed by atoms with Crippen LogP contribution >= 0.6 is 0 Å². The number of benzene rings is 3. The Morgan fingerprint density at radius 2 is 1.77 bits per heavy atom. The molecule has 4 nitrogen and oxygen atoms in total. The summed E-state index contributed by atoms with van der Waals surface area (Å²) in [7, 11) is 0. The molecular formula is C26H23N3O. The van der Waals surface area contributed by atoms with Crippen molar-refractivity contribution in [1.29, 1.82) is 0 Å². The molecule has 0 atom stereocenters. The number of nitrogens with one attached hydrogen (secondary N) is 1. The third-order valence-electron chi connectivity index (χ3n) is 5.70. The normalized spacial score (nSPS) is 12.5. The fourth-order valence-electron chi connectivity index (χ4n) is 4.15. The number of nitrogens with zero attached hydrogens (tertiary/aromatic N) is 2. The summed E-state index contributed by atoms with van der Waals surface area (Å²) in [5.74, 6) is -0.0795. The van der Waals surface area contributed by atoms with Crippen molar-refractivity contribution < 1.29 is 4.79 Å². The van der Waals surface area contributed by atoms with E-state index in [0.29, 0.717) is 5.56 Å². The minimum absolute atomic E-state index is 0.0795. The fourth-order valence-corrected chi connectivity index (χ4v) is 4.15. The molecule has 0 bridgehead atoms. The first-order chi connectivity index (χ1) is 14.8. The van der Waals surface area contributed by atoms with E-state index in [0.717, 1.165) is 36.2 Å². The van der Waals surface area contributed by atoms with E-state index in [-0.39, 0.29) is 5.91 Å². The predicted octanol–water partition coefficient (Wildman–Crippen LogP) is 5.34. The second-order valence-corrected chi connectivity index (χ2v) is 7.74. The minimum Gasteiger partial charge on any atom is -0.322 e. The fraction of sp³-hybridized carbons (Fsp3) is 0.154. The zero-order valence-corrected chi connectivity index (χ0v) is 16.7. The summed E-state index contributed by atoms with van der Waals surface area (Å²) < 4.78 is 1.90. The lowest BCUT2D eigenvalue weighted by molar-refractivity contribution is 0.102. The minimum atomic E-state index is -0.0795. The Morgan fingerprint density at radius 3 is 2.60 bits per heavy atom. The van der Waals surface area contributed by atoms with E-state index < -0.39 is 0 Å². The summed E-state index contributed by atoms with van der Waals surface area (Å²) in [5, 5.41) is 7.34. The van der Waals surface area contributed by atoms with Gasteiger partial charge in [0.1, 0.15) is 0 Å². The van der Waals surface area contributed by atoms with E-state index in [1.165, 1.54) is 23.1 Å². The van der Waals surface area contributed by atoms with Crippen molar-refractivity contribution in [2.75, 3.05) is 5.32 Å². The molecule has 0 fully saturated rings. The summed E-state index contributed by atoms with van der Waals surface area (Å²) in [6.45, 7) is 0.730.